The third-order valence-electron chi connectivity index (χ3n) is 0.699. The highest BCUT2D eigenvalue weighted by molar-refractivity contribution is 7.80. The van der Waals surface area contributed by atoms with Gasteiger partial charge in [-0.3, -0.25) is 4.89 Å². The fourth-order valence-electron chi connectivity index (χ4n) is 0.224. The van der Waals surface area contributed by atoms with Crippen molar-refractivity contribution in [3.63, 3.8) is 0 Å². The first-order chi connectivity index (χ1) is 4.26. The van der Waals surface area contributed by atoms with Crippen LogP contribution >= 0.6 is 12.6 Å². The van der Waals surface area contributed by atoms with E-state index in [2.05, 4.69) is 17.5 Å². The molecule has 0 aromatic heterocycles. The Morgan fingerprint density at radius 3 is 2.67 bits per heavy atom. The second-order valence-electron chi connectivity index (χ2n) is 1.26. The molecule has 0 bridgehead atoms. The summed E-state index contributed by atoms with van der Waals surface area (Å²) in [7, 11) is 0. The van der Waals surface area contributed by atoms with Crippen LogP contribution in [0.15, 0.2) is 0 Å². The Hall–Kier alpha value is -0.300. The molecule has 0 aromatic rings. The first-order valence-electron chi connectivity index (χ1n) is 2.10. The van der Waals surface area contributed by atoms with Gasteiger partial charge in [-0.15, -0.1) is 0 Å². The average Bonchev–Trinajstić information content (AvgIpc) is 1.90. The van der Waals surface area contributed by atoms with Crippen molar-refractivity contribution in [3.8, 4) is 0 Å². The lowest BCUT2D eigenvalue weighted by atomic mass is 10.4. The average molecular weight is 152 g/mol. The summed E-state index contributed by atoms with van der Waals surface area (Å²) in [6, 6.07) is -1.08. The zero-order valence-electron chi connectivity index (χ0n) is 4.40. The van der Waals surface area contributed by atoms with Gasteiger partial charge >= 0.3 is 5.97 Å². The molecule has 0 radical (unpaired) electrons. The van der Waals surface area contributed by atoms with Gasteiger partial charge in [-0.1, -0.05) is 0 Å². The van der Waals surface area contributed by atoms with Crippen LogP contribution in [0.25, 0.3) is 0 Å². The maximum atomic E-state index is 10.2. The van der Waals surface area contributed by atoms with E-state index in [0.717, 1.165) is 0 Å². The van der Waals surface area contributed by atoms with Crippen LogP contribution in [-0.4, -0.2) is 23.0 Å². The van der Waals surface area contributed by atoms with Crippen LogP contribution in [0.3, 0.4) is 0 Å². The van der Waals surface area contributed by atoms with Crippen molar-refractivity contribution in [2.24, 2.45) is 0 Å². The van der Waals surface area contributed by atoms with E-state index in [1.54, 1.807) is 0 Å². The van der Waals surface area contributed by atoms with Crippen molar-refractivity contribution >= 4 is 18.6 Å². The number of hydrogen-bond donors (Lipinski definition) is 3. The van der Waals surface area contributed by atoms with Gasteiger partial charge in [0.15, 0.2) is 0 Å². The molecule has 0 aliphatic rings. The Morgan fingerprint density at radius 2 is 2.56 bits per heavy atom. The maximum absolute atomic E-state index is 10.2. The molecule has 54 valence electrons. The van der Waals surface area contributed by atoms with Gasteiger partial charge in [0.1, 0.15) is 6.04 Å². The van der Waals surface area contributed by atoms with Crippen LogP contribution in [0.1, 0.15) is 0 Å². The number of rotatable bonds is 3. The van der Waals surface area contributed by atoms with E-state index in [9.17, 15) is 10.0 Å². The maximum Gasteiger partial charge on any atom is 0.358 e. The van der Waals surface area contributed by atoms with E-state index < -0.39 is 12.0 Å². The second kappa shape index (κ2) is 4.57. The predicted molar refractivity (Wildman–Crippen MR) is 32.9 cm³/mol. The summed E-state index contributed by atoms with van der Waals surface area (Å²) in [5, 5.41) is 17.5. The molecule has 0 spiro atoms. The molecule has 0 aliphatic carbocycles. The number of carbonyl (C=O) groups is 1. The molecule has 0 rings (SSSR count). The molecular weight excluding hydrogens is 146 g/mol. The molecule has 0 heterocycles. The summed E-state index contributed by atoms with van der Waals surface area (Å²) in [5.41, 5.74) is 1.34. The fourth-order valence-corrected chi connectivity index (χ4v) is 0.447. The number of thiol groups is 1. The van der Waals surface area contributed by atoms with Gasteiger partial charge < -0.3 is 10.7 Å². The van der Waals surface area contributed by atoms with Crippen molar-refractivity contribution in [1.29, 1.82) is 0 Å². The molecule has 0 fully saturated rings. The lowest BCUT2D eigenvalue weighted by Gasteiger charge is -2.15. The van der Waals surface area contributed by atoms with Gasteiger partial charge in [0.2, 0.25) is 0 Å². The van der Waals surface area contributed by atoms with Crippen molar-refractivity contribution < 1.29 is 14.9 Å². The van der Waals surface area contributed by atoms with E-state index >= 15 is 0 Å². The summed E-state index contributed by atoms with van der Waals surface area (Å²) >= 11 is 3.61. The minimum absolute atomic E-state index is 0.0110. The summed E-state index contributed by atoms with van der Waals surface area (Å²) in [6.45, 7) is 0. The molecule has 0 aliphatic heterocycles. The topological polar surface area (TPSA) is 81.6 Å². The third-order valence-corrected chi connectivity index (χ3v) is 1.06. The molecule has 0 unspecified atom stereocenters. The molecule has 2 N–H and O–H groups in total. The zero-order valence-corrected chi connectivity index (χ0v) is 5.30. The van der Waals surface area contributed by atoms with E-state index in [0.29, 0.717) is 0 Å². The molecule has 9 heavy (non-hydrogen) atoms. The fraction of sp³-hybridized carbons (Fsp3) is 0.667. The van der Waals surface area contributed by atoms with Crippen LogP contribution in [-0.2, 0) is 9.68 Å². The lowest BCUT2D eigenvalue weighted by molar-refractivity contribution is -0.235. The highest BCUT2D eigenvalue weighted by atomic mass is 32.1. The Labute approximate surface area is 56.9 Å². The highest BCUT2D eigenvalue weighted by Gasteiger charge is 2.12. The molecule has 0 aromatic carbocycles. The van der Waals surface area contributed by atoms with E-state index in [4.69, 9.17) is 5.26 Å². The number of nitrogens with one attached hydrogen (secondary N) is 1. The molecule has 1 atom stereocenters. The lowest BCUT2D eigenvalue weighted by Crippen LogP contribution is -2.35. The quantitative estimate of drug-likeness (QED) is 0.285. The van der Waals surface area contributed by atoms with Crippen LogP contribution in [0.4, 0.5) is 0 Å². The Kier molecular flexibility index (Phi) is 4.41. The summed E-state index contributed by atoms with van der Waals surface area (Å²) in [4.78, 5) is 13.4. The SMILES string of the molecule is O=C(OO)[C@H](CS)N[O-]. The molecular formula is C3H6NO4S-. The predicted octanol–water partition coefficient (Wildman–Crippen LogP) is -0.612. The van der Waals surface area contributed by atoms with Gasteiger partial charge in [0, 0.05) is 5.75 Å². The monoisotopic (exact) mass is 152 g/mol. The number of hydrogen-bond acceptors (Lipinski definition) is 6. The van der Waals surface area contributed by atoms with Gasteiger partial charge in [0.05, 0.1) is 0 Å². The van der Waals surface area contributed by atoms with Gasteiger partial charge in [-0.25, -0.2) is 4.79 Å². The van der Waals surface area contributed by atoms with Crippen molar-refractivity contribution in [1.82, 2.24) is 5.48 Å². The minimum atomic E-state index is -1.08. The van der Waals surface area contributed by atoms with Crippen molar-refractivity contribution in [3.05, 3.63) is 5.21 Å². The zero-order chi connectivity index (χ0) is 7.28. The second-order valence-corrected chi connectivity index (χ2v) is 1.63. The van der Waals surface area contributed by atoms with E-state index in [1.807, 2.05) is 0 Å². The Balaban J connectivity index is 3.64. The van der Waals surface area contributed by atoms with Gasteiger partial charge in [0.25, 0.3) is 0 Å². The first-order valence-corrected chi connectivity index (χ1v) is 2.73. The van der Waals surface area contributed by atoms with E-state index in [-0.39, 0.29) is 5.75 Å². The molecule has 5 nitrogen and oxygen atoms in total. The number of hydroxylamine groups is 1. The Bertz CT molecular complexity index is 93.8. The summed E-state index contributed by atoms with van der Waals surface area (Å²) < 4.78 is 0. The van der Waals surface area contributed by atoms with Crippen LogP contribution < -0.4 is 5.48 Å². The first kappa shape index (κ1) is 8.70. The molecule has 0 saturated heterocycles. The molecule has 0 amide bonds. The summed E-state index contributed by atoms with van der Waals surface area (Å²) in [5.74, 6) is -1.04. The van der Waals surface area contributed by atoms with Crippen LogP contribution in [0.2, 0.25) is 0 Å². The highest BCUT2D eigenvalue weighted by Crippen LogP contribution is 1.88. The van der Waals surface area contributed by atoms with Crippen molar-refractivity contribution in [2.75, 3.05) is 5.75 Å². The molecule has 6 heteroatoms. The minimum Gasteiger partial charge on any atom is -0.787 e. The van der Waals surface area contributed by atoms with Crippen LogP contribution in [0.5, 0.6) is 0 Å². The standard InChI is InChI=1S/C3H6NO4S/c5-3(8-7)2(1-9)4-6/h2,4,7,9H,1H2/q-1/t2-/m0/s1. The number of carbonyl (C=O) groups excluding carboxylic acids is 1. The third kappa shape index (κ3) is 2.66. The molecule has 0 saturated carbocycles. The van der Waals surface area contributed by atoms with Crippen molar-refractivity contribution in [2.45, 2.75) is 6.04 Å². The van der Waals surface area contributed by atoms with Crippen LogP contribution in [0, 0.1) is 5.21 Å². The van der Waals surface area contributed by atoms with E-state index in [1.165, 1.54) is 5.48 Å². The normalized spacial score (nSPS) is 12.8. The van der Waals surface area contributed by atoms with Gasteiger partial charge in [-0.05, 0) is 0 Å². The largest absolute Gasteiger partial charge is 0.787 e. The summed E-state index contributed by atoms with van der Waals surface area (Å²) in [6.07, 6.45) is 0. The smallest absolute Gasteiger partial charge is 0.358 e. The van der Waals surface area contributed by atoms with Gasteiger partial charge in [-0.2, -0.15) is 17.9 Å². The Morgan fingerprint density at radius 1 is 2.00 bits per heavy atom.